The molecule has 3 aromatic rings. The first-order valence-corrected chi connectivity index (χ1v) is 8.61. The van der Waals surface area contributed by atoms with Gasteiger partial charge in [0.05, 0.1) is 24.2 Å². The Kier molecular flexibility index (Phi) is 6.19. The third kappa shape index (κ3) is 4.52. The van der Waals surface area contributed by atoms with Crippen LogP contribution in [0.3, 0.4) is 0 Å². The highest BCUT2D eigenvalue weighted by Crippen LogP contribution is 2.20. The summed E-state index contributed by atoms with van der Waals surface area (Å²) in [5.74, 6) is 0.325. The van der Waals surface area contributed by atoms with E-state index in [2.05, 4.69) is 9.88 Å². The number of nitrogens with zero attached hydrogens (tertiary/aromatic N) is 2. The maximum absolute atomic E-state index is 11.2. The first-order valence-electron chi connectivity index (χ1n) is 8.61. The molecule has 7 heteroatoms. The molecule has 3 N–H and O–H groups in total. The van der Waals surface area contributed by atoms with Gasteiger partial charge in [0.1, 0.15) is 5.82 Å². The van der Waals surface area contributed by atoms with Gasteiger partial charge in [-0.25, -0.2) is 10.5 Å². The van der Waals surface area contributed by atoms with Gasteiger partial charge in [0.25, 0.3) is 5.91 Å². The summed E-state index contributed by atoms with van der Waals surface area (Å²) in [6, 6.07) is 15.6. The number of amides is 1. The van der Waals surface area contributed by atoms with Crippen LogP contribution in [-0.4, -0.2) is 34.4 Å². The van der Waals surface area contributed by atoms with Crippen LogP contribution in [-0.2, 0) is 22.6 Å². The summed E-state index contributed by atoms with van der Waals surface area (Å²) in [5, 5.41) is 12.0. The molecule has 0 radical (unpaired) electrons. The van der Waals surface area contributed by atoms with Crippen LogP contribution in [0.2, 0.25) is 0 Å². The molecule has 0 aliphatic rings. The lowest BCUT2D eigenvalue weighted by atomic mass is 10.1. The molecule has 27 heavy (non-hydrogen) atoms. The summed E-state index contributed by atoms with van der Waals surface area (Å²) in [6.07, 6.45) is 2.91. The van der Waals surface area contributed by atoms with Gasteiger partial charge < -0.3 is 14.6 Å². The largest absolute Gasteiger partial charge is 0.383 e. The van der Waals surface area contributed by atoms with Gasteiger partial charge in [0.2, 0.25) is 0 Å². The molecule has 1 heterocycles. The second-order valence-corrected chi connectivity index (χ2v) is 5.91. The predicted octanol–water partition coefficient (Wildman–Crippen LogP) is 2.81. The van der Waals surface area contributed by atoms with E-state index in [1.165, 1.54) is 6.08 Å². The number of imidazole rings is 1. The minimum atomic E-state index is -0.578. The van der Waals surface area contributed by atoms with Crippen molar-refractivity contribution in [3.8, 4) is 0 Å². The van der Waals surface area contributed by atoms with Gasteiger partial charge in [-0.2, -0.15) is 0 Å². The lowest BCUT2D eigenvalue weighted by Crippen LogP contribution is -2.15. The average molecular weight is 366 g/mol. The number of hydrogen-bond acceptors (Lipinski definition) is 5. The van der Waals surface area contributed by atoms with Gasteiger partial charge in [-0.3, -0.25) is 10.0 Å². The van der Waals surface area contributed by atoms with Crippen LogP contribution in [0.5, 0.6) is 0 Å². The number of methoxy groups -OCH3 is 1. The van der Waals surface area contributed by atoms with Gasteiger partial charge in [0, 0.05) is 25.4 Å². The van der Waals surface area contributed by atoms with E-state index in [1.807, 2.05) is 48.5 Å². The van der Waals surface area contributed by atoms with Crippen LogP contribution in [0, 0.1) is 0 Å². The maximum atomic E-state index is 11.2. The van der Waals surface area contributed by atoms with Crippen molar-refractivity contribution in [3.63, 3.8) is 0 Å². The quantitative estimate of drug-likeness (QED) is 0.324. The molecule has 0 fully saturated rings. The van der Waals surface area contributed by atoms with E-state index in [0.717, 1.165) is 28.1 Å². The van der Waals surface area contributed by atoms with E-state index < -0.39 is 5.91 Å². The topological polar surface area (TPSA) is 88.4 Å². The zero-order valence-corrected chi connectivity index (χ0v) is 15.1. The monoisotopic (exact) mass is 366 g/mol. The third-order valence-electron chi connectivity index (χ3n) is 4.17. The van der Waals surface area contributed by atoms with Crippen LogP contribution in [0.4, 0.5) is 5.69 Å². The Morgan fingerprint density at radius 2 is 2.00 bits per heavy atom. The van der Waals surface area contributed by atoms with E-state index in [1.54, 1.807) is 18.7 Å². The first-order chi connectivity index (χ1) is 13.2. The van der Waals surface area contributed by atoms with Crippen molar-refractivity contribution >= 4 is 28.7 Å². The van der Waals surface area contributed by atoms with Crippen molar-refractivity contribution in [2.24, 2.45) is 0 Å². The molecule has 2 aromatic carbocycles. The Balaban J connectivity index is 1.83. The molecule has 140 valence electrons. The van der Waals surface area contributed by atoms with Gasteiger partial charge >= 0.3 is 0 Å². The van der Waals surface area contributed by atoms with Crippen molar-refractivity contribution < 1.29 is 14.7 Å². The fourth-order valence-electron chi connectivity index (χ4n) is 2.87. The Morgan fingerprint density at radius 3 is 2.81 bits per heavy atom. The molecule has 0 saturated heterocycles. The number of para-hydroxylation sites is 3. The zero-order valence-electron chi connectivity index (χ0n) is 15.1. The van der Waals surface area contributed by atoms with Crippen molar-refractivity contribution in [1.82, 2.24) is 15.0 Å². The highest BCUT2D eigenvalue weighted by molar-refractivity contribution is 5.91. The van der Waals surface area contributed by atoms with E-state index >= 15 is 0 Å². The number of hydroxylamine groups is 1. The molecule has 1 aromatic heterocycles. The standard InChI is InChI=1S/C20H22N4O3/c1-27-13-12-24-18-9-5-4-8-17(18)22-19(24)14-21-16-7-3-2-6-15(16)10-11-20(25)23-26/h2-11,21,26H,12-14H2,1H3,(H,23,25)/b11-10+. The molecule has 0 bridgehead atoms. The number of aromatic nitrogens is 2. The first kappa shape index (κ1) is 18.6. The summed E-state index contributed by atoms with van der Waals surface area (Å²) in [4.78, 5) is 16.0. The highest BCUT2D eigenvalue weighted by Gasteiger charge is 2.10. The molecule has 7 nitrogen and oxygen atoms in total. The SMILES string of the molecule is COCCn1c(CNc2ccccc2/C=C/C(=O)NO)nc2ccccc21. The molecule has 0 unspecified atom stereocenters. The van der Waals surface area contributed by atoms with E-state index in [9.17, 15) is 4.79 Å². The van der Waals surface area contributed by atoms with Crippen LogP contribution in [0.25, 0.3) is 17.1 Å². The summed E-state index contributed by atoms with van der Waals surface area (Å²) < 4.78 is 7.37. The lowest BCUT2D eigenvalue weighted by molar-refractivity contribution is -0.124. The van der Waals surface area contributed by atoms with Crippen molar-refractivity contribution in [2.45, 2.75) is 13.1 Å². The summed E-state index contributed by atoms with van der Waals surface area (Å²) in [7, 11) is 1.68. The summed E-state index contributed by atoms with van der Waals surface area (Å²) >= 11 is 0. The number of carbonyl (C=O) groups is 1. The van der Waals surface area contributed by atoms with E-state index in [0.29, 0.717) is 19.7 Å². The average Bonchev–Trinajstić information content (AvgIpc) is 3.06. The molecule has 0 atom stereocenters. The number of rotatable bonds is 8. The Labute approximate surface area is 157 Å². The number of hydrogen-bond donors (Lipinski definition) is 3. The summed E-state index contributed by atoms with van der Waals surface area (Å²) in [6.45, 7) is 1.84. The molecule has 0 spiro atoms. The fourth-order valence-corrected chi connectivity index (χ4v) is 2.87. The number of fused-ring (bicyclic) bond motifs is 1. The predicted molar refractivity (Wildman–Crippen MR) is 104 cm³/mol. The van der Waals surface area contributed by atoms with Crippen LogP contribution < -0.4 is 10.8 Å². The van der Waals surface area contributed by atoms with Gasteiger partial charge in [-0.05, 0) is 29.8 Å². The number of ether oxygens (including phenoxy) is 1. The Bertz CT molecular complexity index is 949. The molecule has 1 amide bonds. The molecule has 0 saturated carbocycles. The number of benzene rings is 2. The van der Waals surface area contributed by atoms with E-state index in [4.69, 9.17) is 14.9 Å². The molecule has 0 aliphatic carbocycles. The number of nitrogens with one attached hydrogen (secondary N) is 2. The molecule has 0 aliphatic heterocycles. The minimum absolute atomic E-state index is 0.523. The normalized spacial score (nSPS) is 11.2. The minimum Gasteiger partial charge on any atom is -0.383 e. The van der Waals surface area contributed by atoms with Gasteiger partial charge in [-0.1, -0.05) is 30.3 Å². The zero-order chi connectivity index (χ0) is 19.1. The van der Waals surface area contributed by atoms with Gasteiger partial charge in [-0.15, -0.1) is 0 Å². The Hall–Kier alpha value is -3.16. The molecular weight excluding hydrogens is 344 g/mol. The van der Waals surface area contributed by atoms with Crippen molar-refractivity contribution in [3.05, 3.63) is 66.0 Å². The second kappa shape index (κ2) is 8.98. The molecular formula is C20H22N4O3. The third-order valence-corrected chi connectivity index (χ3v) is 4.17. The fraction of sp³-hybridized carbons (Fsp3) is 0.200. The lowest BCUT2D eigenvalue weighted by Gasteiger charge is -2.12. The van der Waals surface area contributed by atoms with Crippen molar-refractivity contribution in [1.29, 1.82) is 0 Å². The van der Waals surface area contributed by atoms with E-state index in [-0.39, 0.29) is 0 Å². The van der Waals surface area contributed by atoms with Crippen LogP contribution in [0.1, 0.15) is 11.4 Å². The summed E-state index contributed by atoms with van der Waals surface area (Å²) in [5.41, 5.74) is 5.29. The highest BCUT2D eigenvalue weighted by atomic mass is 16.5. The maximum Gasteiger partial charge on any atom is 0.267 e. The van der Waals surface area contributed by atoms with Gasteiger partial charge in [0.15, 0.2) is 0 Å². The Morgan fingerprint density at radius 1 is 1.22 bits per heavy atom. The van der Waals surface area contributed by atoms with Crippen LogP contribution >= 0.6 is 0 Å². The van der Waals surface area contributed by atoms with Crippen LogP contribution in [0.15, 0.2) is 54.6 Å². The van der Waals surface area contributed by atoms with Crippen molar-refractivity contribution in [2.75, 3.05) is 19.0 Å². The number of anilines is 1. The smallest absolute Gasteiger partial charge is 0.267 e. The second-order valence-electron chi connectivity index (χ2n) is 5.91. The number of carbonyl (C=O) groups excluding carboxylic acids is 1. The molecule has 3 rings (SSSR count).